The molecule has 4 nitrogen and oxygen atoms in total. The standard InChI is InChI=1S/C27H22N2O2/c1-2-29-25-15-9-8-13-23(25)24(27(29)31)14-5-3-4-12-21(18-28)26(30)22-16-19-10-6-7-11-20(19)17-22/h3-16,31H,2,17H2,1H3/p-1/b4-3+,14-5+,21-12+. The molecule has 0 spiro atoms. The Labute approximate surface area is 181 Å². The lowest BCUT2D eigenvalue weighted by Crippen LogP contribution is -2.04. The third kappa shape index (κ3) is 3.86. The molecule has 0 radical (unpaired) electrons. The van der Waals surface area contributed by atoms with Gasteiger partial charge < -0.3 is 9.67 Å². The highest BCUT2D eigenvalue weighted by atomic mass is 16.3. The van der Waals surface area contributed by atoms with E-state index in [2.05, 4.69) is 0 Å². The molecule has 31 heavy (non-hydrogen) atoms. The Hall–Kier alpha value is -4.10. The zero-order valence-electron chi connectivity index (χ0n) is 17.2. The van der Waals surface area contributed by atoms with Crippen molar-refractivity contribution in [3.05, 3.63) is 101 Å². The Morgan fingerprint density at radius 3 is 2.68 bits per heavy atom. The van der Waals surface area contributed by atoms with Gasteiger partial charge in [0.05, 0.1) is 5.57 Å². The van der Waals surface area contributed by atoms with Gasteiger partial charge in [-0.05, 0) is 47.7 Å². The molecular weight excluding hydrogens is 384 g/mol. The van der Waals surface area contributed by atoms with E-state index in [1.54, 1.807) is 28.9 Å². The zero-order valence-corrected chi connectivity index (χ0v) is 17.2. The fourth-order valence-electron chi connectivity index (χ4n) is 3.91. The minimum absolute atomic E-state index is 0.0236. The molecule has 0 atom stereocenters. The number of para-hydroxylation sites is 1. The molecule has 0 fully saturated rings. The lowest BCUT2D eigenvalue weighted by Gasteiger charge is -2.12. The number of nitrogens with zero attached hydrogens (tertiary/aromatic N) is 2. The first-order valence-corrected chi connectivity index (χ1v) is 10.2. The molecule has 3 aromatic rings. The van der Waals surface area contributed by atoms with Crippen LogP contribution in [0.4, 0.5) is 0 Å². The van der Waals surface area contributed by atoms with E-state index in [0.717, 1.165) is 22.0 Å². The minimum atomic E-state index is -0.250. The van der Waals surface area contributed by atoms with Crippen LogP contribution in [0.1, 0.15) is 23.6 Å². The first-order chi connectivity index (χ1) is 15.1. The topological polar surface area (TPSA) is 68.8 Å². The maximum atomic E-state index is 12.7. The lowest BCUT2D eigenvalue weighted by atomic mass is 10.0. The highest BCUT2D eigenvalue weighted by Crippen LogP contribution is 2.30. The number of rotatable bonds is 6. The molecule has 4 heteroatoms. The summed E-state index contributed by atoms with van der Waals surface area (Å²) in [5.41, 5.74) is 4.40. The number of Topliss-reactive ketones (excluding diaryl/α,β-unsaturated/α-hetero) is 1. The van der Waals surface area contributed by atoms with Crippen molar-refractivity contribution in [3.63, 3.8) is 0 Å². The summed E-state index contributed by atoms with van der Waals surface area (Å²) in [4.78, 5) is 12.7. The first kappa shape index (κ1) is 20.2. The first-order valence-electron chi connectivity index (χ1n) is 10.2. The Bertz CT molecular complexity index is 1330. The van der Waals surface area contributed by atoms with Gasteiger partial charge in [-0.2, -0.15) is 5.26 Å². The molecule has 0 unspecified atom stereocenters. The third-order valence-corrected chi connectivity index (χ3v) is 5.45. The number of fused-ring (bicyclic) bond motifs is 2. The number of hydrogen-bond acceptors (Lipinski definition) is 3. The van der Waals surface area contributed by atoms with Crippen molar-refractivity contribution >= 4 is 28.8 Å². The molecule has 0 saturated carbocycles. The summed E-state index contributed by atoms with van der Waals surface area (Å²) in [6, 6.07) is 17.6. The molecule has 0 N–H and O–H groups in total. The summed E-state index contributed by atoms with van der Waals surface area (Å²) in [7, 11) is 0. The summed E-state index contributed by atoms with van der Waals surface area (Å²) in [5, 5.41) is 23.0. The summed E-state index contributed by atoms with van der Waals surface area (Å²) in [5.74, 6) is -0.273. The smallest absolute Gasteiger partial charge is 0.199 e. The number of carbonyl (C=O) groups is 1. The van der Waals surface area contributed by atoms with Crippen molar-refractivity contribution in [1.82, 2.24) is 4.57 Å². The lowest BCUT2D eigenvalue weighted by molar-refractivity contribution is -0.278. The van der Waals surface area contributed by atoms with Gasteiger partial charge in [-0.1, -0.05) is 66.8 Å². The molecule has 1 aliphatic carbocycles. The summed E-state index contributed by atoms with van der Waals surface area (Å²) >= 11 is 0. The van der Waals surface area contributed by atoms with E-state index in [-0.39, 0.29) is 17.2 Å². The molecule has 1 aliphatic rings. The van der Waals surface area contributed by atoms with Crippen molar-refractivity contribution < 1.29 is 9.90 Å². The van der Waals surface area contributed by atoms with Crippen LogP contribution in [0, 0.1) is 11.3 Å². The third-order valence-electron chi connectivity index (χ3n) is 5.45. The Kier molecular flexibility index (Phi) is 5.68. The zero-order chi connectivity index (χ0) is 21.8. The van der Waals surface area contributed by atoms with Crippen molar-refractivity contribution in [3.8, 4) is 11.9 Å². The predicted octanol–water partition coefficient (Wildman–Crippen LogP) is 4.96. The van der Waals surface area contributed by atoms with Gasteiger partial charge in [-0.15, -0.1) is 0 Å². The van der Waals surface area contributed by atoms with Crippen LogP contribution in [-0.2, 0) is 17.8 Å². The van der Waals surface area contributed by atoms with E-state index >= 15 is 0 Å². The van der Waals surface area contributed by atoms with Crippen LogP contribution < -0.4 is 5.11 Å². The Morgan fingerprint density at radius 1 is 1.13 bits per heavy atom. The predicted molar refractivity (Wildman–Crippen MR) is 122 cm³/mol. The number of carbonyl (C=O) groups excluding carboxylic acids is 1. The van der Waals surface area contributed by atoms with E-state index in [1.165, 1.54) is 6.08 Å². The number of allylic oxidation sites excluding steroid dienone is 6. The second-order valence-corrected chi connectivity index (χ2v) is 7.29. The van der Waals surface area contributed by atoms with Crippen LogP contribution >= 0.6 is 0 Å². The van der Waals surface area contributed by atoms with Gasteiger partial charge in [-0.25, -0.2) is 0 Å². The van der Waals surface area contributed by atoms with Crippen LogP contribution in [-0.4, -0.2) is 10.4 Å². The van der Waals surface area contributed by atoms with Gasteiger partial charge in [0, 0.05) is 29.4 Å². The number of aryl methyl sites for hydroxylation is 1. The highest BCUT2D eigenvalue weighted by Gasteiger charge is 2.20. The van der Waals surface area contributed by atoms with Gasteiger partial charge in [0.15, 0.2) is 5.78 Å². The largest absolute Gasteiger partial charge is 0.860 e. The number of benzene rings is 2. The van der Waals surface area contributed by atoms with Crippen LogP contribution in [0.15, 0.2) is 84.0 Å². The normalized spacial score (nSPS) is 13.7. The van der Waals surface area contributed by atoms with Crippen LogP contribution in [0.2, 0.25) is 0 Å². The fraction of sp³-hybridized carbons (Fsp3) is 0.111. The second-order valence-electron chi connectivity index (χ2n) is 7.29. The van der Waals surface area contributed by atoms with Crippen LogP contribution in [0.3, 0.4) is 0 Å². The second kappa shape index (κ2) is 8.73. The monoisotopic (exact) mass is 405 g/mol. The van der Waals surface area contributed by atoms with E-state index in [1.807, 2.05) is 67.6 Å². The van der Waals surface area contributed by atoms with Gasteiger partial charge in [-0.3, -0.25) is 4.79 Å². The van der Waals surface area contributed by atoms with E-state index in [0.29, 0.717) is 24.1 Å². The van der Waals surface area contributed by atoms with E-state index in [9.17, 15) is 15.2 Å². The molecule has 0 saturated heterocycles. The fourth-order valence-corrected chi connectivity index (χ4v) is 3.91. The van der Waals surface area contributed by atoms with Gasteiger partial charge >= 0.3 is 0 Å². The van der Waals surface area contributed by atoms with Gasteiger partial charge in [0.2, 0.25) is 0 Å². The van der Waals surface area contributed by atoms with Gasteiger partial charge in [0.1, 0.15) is 6.07 Å². The Balaban J connectivity index is 1.51. The molecule has 1 aromatic heterocycles. The average Bonchev–Trinajstić information content (AvgIpc) is 3.34. The highest BCUT2D eigenvalue weighted by molar-refractivity contribution is 6.14. The van der Waals surface area contributed by atoms with Crippen molar-refractivity contribution in [2.45, 2.75) is 19.9 Å². The molecule has 0 amide bonds. The van der Waals surface area contributed by atoms with Crippen molar-refractivity contribution in [2.24, 2.45) is 0 Å². The molecule has 1 heterocycles. The summed E-state index contributed by atoms with van der Waals surface area (Å²) < 4.78 is 1.75. The van der Waals surface area contributed by atoms with Crippen molar-refractivity contribution in [1.29, 1.82) is 5.26 Å². The number of nitriles is 1. The van der Waals surface area contributed by atoms with E-state index < -0.39 is 0 Å². The maximum absolute atomic E-state index is 12.7. The van der Waals surface area contributed by atoms with E-state index in [4.69, 9.17) is 0 Å². The SMILES string of the molecule is CCn1c([O-])c(/C=C/C=C/C=C(\C#N)C(=O)C2=Cc3ccccc3C2)c2ccccc21. The van der Waals surface area contributed by atoms with Gasteiger partial charge in [0.25, 0.3) is 0 Å². The maximum Gasteiger partial charge on any atom is 0.199 e. The molecule has 0 bridgehead atoms. The minimum Gasteiger partial charge on any atom is -0.860 e. The molecule has 0 aliphatic heterocycles. The average molecular weight is 405 g/mol. The molecule has 4 rings (SSSR count). The quantitative estimate of drug-likeness (QED) is 0.331. The number of aromatic nitrogens is 1. The summed E-state index contributed by atoms with van der Waals surface area (Å²) in [6.07, 6.45) is 10.8. The number of hydrogen-bond donors (Lipinski definition) is 0. The molecule has 152 valence electrons. The van der Waals surface area contributed by atoms with Crippen LogP contribution in [0.5, 0.6) is 5.88 Å². The van der Waals surface area contributed by atoms with Crippen molar-refractivity contribution in [2.75, 3.05) is 0 Å². The summed E-state index contributed by atoms with van der Waals surface area (Å²) in [6.45, 7) is 2.56. The Morgan fingerprint density at radius 2 is 1.90 bits per heavy atom. The molecular formula is C27H21N2O2-. The van der Waals surface area contributed by atoms with Crippen LogP contribution in [0.25, 0.3) is 23.1 Å². The number of ketones is 1. The molecule has 2 aromatic carbocycles.